The topological polar surface area (TPSA) is 37.8 Å². The van der Waals surface area contributed by atoms with Crippen molar-refractivity contribution >= 4 is 33.3 Å². The van der Waals surface area contributed by atoms with Gasteiger partial charge in [-0.15, -0.1) is 0 Å². The third-order valence-electron chi connectivity index (χ3n) is 3.40. The minimum Gasteiger partial charge on any atom is -0.366 e. The van der Waals surface area contributed by atoms with Crippen molar-refractivity contribution in [3.05, 3.63) is 16.0 Å². The normalized spacial score (nSPS) is 25.4. The van der Waals surface area contributed by atoms with Gasteiger partial charge in [0.2, 0.25) is 5.28 Å². The Morgan fingerprint density at radius 2 is 2.12 bits per heavy atom. The largest absolute Gasteiger partial charge is 0.366 e. The zero-order valence-electron chi connectivity index (χ0n) is 9.92. The van der Waals surface area contributed by atoms with Gasteiger partial charge in [0.15, 0.2) is 0 Å². The van der Waals surface area contributed by atoms with E-state index < -0.39 is 0 Å². The average molecular weight is 319 g/mol. The summed E-state index contributed by atoms with van der Waals surface area (Å²) < 4.78 is 0.873. The fraction of sp³-hybridized carbons (Fsp3) is 0.667. The van der Waals surface area contributed by atoms with Crippen LogP contribution in [0.2, 0.25) is 5.28 Å². The van der Waals surface area contributed by atoms with Crippen LogP contribution in [0.25, 0.3) is 0 Å². The second kappa shape index (κ2) is 6.01. The van der Waals surface area contributed by atoms with Crippen LogP contribution in [0.15, 0.2) is 10.7 Å². The maximum Gasteiger partial charge on any atom is 0.224 e. The molecule has 1 aromatic heterocycles. The molecule has 1 aromatic rings. The first-order valence-corrected chi connectivity index (χ1v) is 7.28. The van der Waals surface area contributed by atoms with Crippen LogP contribution in [0, 0.1) is 5.92 Å². The van der Waals surface area contributed by atoms with Gasteiger partial charge in [-0.05, 0) is 46.3 Å². The van der Waals surface area contributed by atoms with Gasteiger partial charge in [-0.2, -0.15) is 4.98 Å². The lowest BCUT2D eigenvalue weighted by atomic mass is 9.97. The number of aromatic nitrogens is 2. The van der Waals surface area contributed by atoms with Gasteiger partial charge >= 0.3 is 0 Å². The Kier molecular flexibility index (Phi) is 4.62. The van der Waals surface area contributed by atoms with Gasteiger partial charge in [0.05, 0.1) is 4.47 Å². The smallest absolute Gasteiger partial charge is 0.224 e. The van der Waals surface area contributed by atoms with E-state index in [0.29, 0.717) is 12.0 Å². The quantitative estimate of drug-likeness (QED) is 0.653. The number of nitrogens with one attached hydrogen (secondary N) is 1. The summed E-state index contributed by atoms with van der Waals surface area (Å²) in [6, 6.07) is 0.486. The van der Waals surface area contributed by atoms with E-state index >= 15 is 0 Å². The molecular formula is C12H17BrClN3. The van der Waals surface area contributed by atoms with Gasteiger partial charge in [-0.3, -0.25) is 0 Å². The maximum atomic E-state index is 5.82. The minimum absolute atomic E-state index is 0.289. The first-order valence-electron chi connectivity index (χ1n) is 6.11. The Bertz CT molecular complexity index is 386. The predicted molar refractivity (Wildman–Crippen MR) is 74.4 cm³/mol. The van der Waals surface area contributed by atoms with Crippen LogP contribution in [0.5, 0.6) is 0 Å². The molecule has 0 amide bonds. The molecule has 1 aliphatic carbocycles. The van der Waals surface area contributed by atoms with E-state index in [1.54, 1.807) is 6.20 Å². The van der Waals surface area contributed by atoms with Gasteiger partial charge in [0, 0.05) is 12.2 Å². The van der Waals surface area contributed by atoms with Crippen molar-refractivity contribution in [3.8, 4) is 0 Å². The van der Waals surface area contributed by atoms with Crippen LogP contribution < -0.4 is 5.32 Å². The van der Waals surface area contributed by atoms with Crippen molar-refractivity contribution in [2.45, 2.75) is 45.1 Å². The molecule has 1 heterocycles. The Hall–Kier alpha value is -0.350. The second-order valence-electron chi connectivity index (χ2n) is 4.70. The number of hydrogen-bond donors (Lipinski definition) is 1. The lowest BCUT2D eigenvalue weighted by Gasteiger charge is -2.23. The number of anilines is 1. The Labute approximate surface area is 116 Å². The van der Waals surface area contributed by atoms with E-state index in [1.165, 1.54) is 32.1 Å². The summed E-state index contributed by atoms with van der Waals surface area (Å²) in [5.74, 6) is 1.49. The first-order chi connectivity index (χ1) is 8.16. The fourth-order valence-corrected chi connectivity index (χ4v) is 2.77. The second-order valence-corrected chi connectivity index (χ2v) is 5.89. The summed E-state index contributed by atoms with van der Waals surface area (Å²) in [6.45, 7) is 2.31. The molecule has 1 N–H and O–H groups in total. The molecule has 0 radical (unpaired) electrons. The van der Waals surface area contributed by atoms with Gasteiger partial charge in [-0.25, -0.2) is 4.98 Å². The highest BCUT2D eigenvalue weighted by Crippen LogP contribution is 2.28. The molecule has 1 saturated carbocycles. The van der Waals surface area contributed by atoms with Crippen LogP contribution in [0.4, 0.5) is 5.82 Å². The zero-order chi connectivity index (χ0) is 12.3. The Morgan fingerprint density at radius 3 is 2.94 bits per heavy atom. The monoisotopic (exact) mass is 317 g/mol. The van der Waals surface area contributed by atoms with Crippen LogP contribution >= 0.6 is 27.5 Å². The van der Waals surface area contributed by atoms with Crippen molar-refractivity contribution in [1.82, 2.24) is 9.97 Å². The molecule has 2 unspecified atom stereocenters. The van der Waals surface area contributed by atoms with E-state index in [-0.39, 0.29) is 5.28 Å². The summed E-state index contributed by atoms with van der Waals surface area (Å²) >= 11 is 9.27. The third kappa shape index (κ3) is 3.55. The van der Waals surface area contributed by atoms with E-state index in [4.69, 9.17) is 11.6 Å². The number of hydrogen-bond acceptors (Lipinski definition) is 3. The van der Waals surface area contributed by atoms with Crippen molar-refractivity contribution in [3.63, 3.8) is 0 Å². The molecule has 0 bridgehead atoms. The zero-order valence-corrected chi connectivity index (χ0v) is 12.3. The van der Waals surface area contributed by atoms with Crippen molar-refractivity contribution in [2.24, 2.45) is 5.92 Å². The first kappa shape index (κ1) is 13.1. The van der Waals surface area contributed by atoms with Gasteiger partial charge in [0.25, 0.3) is 0 Å². The van der Waals surface area contributed by atoms with Crippen LogP contribution in [0.1, 0.15) is 39.0 Å². The molecule has 0 spiro atoms. The van der Waals surface area contributed by atoms with E-state index in [0.717, 1.165) is 10.3 Å². The van der Waals surface area contributed by atoms with E-state index in [2.05, 4.69) is 38.1 Å². The molecule has 3 nitrogen and oxygen atoms in total. The molecule has 2 rings (SSSR count). The summed E-state index contributed by atoms with van der Waals surface area (Å²) in [4.78, 5) is 8.17. The van der Waals surface area contributed by atoms with Crippen LogP contribution in [-0.2, 0) is 0 Å². The van der Waals surface area contributed by atoms with E-state index in [9.17, 15) is 0 Å². The molecule has 5 heteroatoms. The molecular weight excluding hydrogens is 302 g/mol. The SMILES string of the molecule is CC1CCCCCC1Nc1nc(Cl)ncc1Br. The number of halogens is 2. The Morgan fingerprint density at radius 1 is 1.35 bits per heavy atom. The summed E-state index contributed by atoms with van der Waals surface area (Å²) in [5.41, 5.74) is 0. The molecule has 1 aliphatic rings. The standard InChI is InChI=1S/C12H17BrClN3/c1-8-5-3-2-4-6-10(8)16-11-9(13)7-15-12(14)17-11/h7-8,10H,2-6H2,1H3,(H,15,16,17). The Balaban J connectivity index is 2.10. The number of rotatable bonds is 2. The van der Waals surface area contributed by atoms with Crippen LogP contribution in [0.3, 0.4) is 0 Å². The number of nitrogens with zero attached hydrogens (tertiary/aromatic N) is 2. The summed E-state index contributed by atoms with van der Waals surface area (Å²) in [7, 11) is 0. The third-order valence-corrected chi connectivity index (χ3v) is 4.16. The minimum atomic E-state index is 0.289. The molecule has 0 aromatic carbocycles. The van der Waals surface area contributed by atoms with E-state index in [1.807, 2.05) is 0 Å². The van der Waals surface area contributed by atoms with Crippen molar-refractivity contribution in [2.75, 3.05) is 5.32 Å². The molecule has 2 atom stereocenters. The highest BCUT2D eigenvalue weighted by Gasteiger charge is 2.20. The highest BCUT2D eigenvalue weighted by atomic mass is 79.9. The lowest BCUT2D eigenvalue weighted by molar-refractivity contribution is 0.455. The maximum absolute atomic E-state index is 5.82. The highest BCUT2D eigenvalue weighted by molar-refractivity contribution is 9.10. The van der Waals surface area contributed by atoms with Gasteiger partial charge in [0.1, 0.15) is 5.82 Å². The fourth-order valence-electron chi connectivity index (χ4n) is 2.33. The van der Waals surface area contributed by atoms with Gasteiger partial charge in [-0.1, -0.05) is 26.2 Å². The molecule has 0 saturated heterocycles. The summed E-state index contributed by atoms with van der Waals surface area (Å²) in [6.07, 6.45) is 8.15. The van der Waals surface area contributed by atoms with Crippen LogP contribution in [-0.4, -0.2) is 16.0 Å². The predicted octanol–water partition coefficient (Wildman–Crippen LogP) is 4.27. The lowest BCUT2D eigenvalue weighted by Crippen LogP contribution is -2.27. The molecule has 17 heavy (non-hydrogen) atoms. The average Bonchev–Trinajstić information content (AvgIpc) is 2.50. The molecule has 94 valence electrons. The molecule has 0 aliphatic heterocycles. The van der Waals surface area contributed by atoms with Crippen molar-refractivity contribution in [1.29, 1.82) is 0 Å². The molecule has 1 fully saturated rings. The summed E-state index contributed by atoms with van der Waals surface area (Å²) in [5, 5.41) is 3.79. The van der Waals surface area contributed by atoms with Gasteiger partial charge < -0.3 is 5.32 Å². The van der Waals surface area contributed by atoms with Crippen molar-refractivity contribution < 1.29 is 0 Å².